The lowest BCUT2D eigenvalue weighted by Gasteiger charge is -2.40. The number of fused-ring (bicyclic) bond motifs is 6. The van der Waals surface area contributed by atoms with Gasteiger partial charge >= 0.3 is 4.87 Å². The fourth-order valence-corrected chi connectivity index (χ4v) is 9.42. The highest BCUT2D eigenvalue weighted by Gasteiger charge is 2.55. The highest BCUT2D eigenvalue weighted by atomic mass is 79.9. The minimum absolute atomic E-state index is 0.0341. The maximum atomic E-state index is 13.2. The first kappa shape index (κ1) is 21.6. The topological polar surface area (TPSA) is 51.1 Å². The molecule has 3 aromatic rings. The zero-order chi connectivity index (χ0) is 22.7. The van der Waals surface area contributed by atoms with E-state index in [0.717, 1.165) is 14.4 Å². The van der Waals surface area contributed by atoms with Gasteiger partial charge in [0.2, 0.25) is 5.91 Å². The zero-order valence-corrected chi connectivity index (χ0v) is 20.9. The van der Waals surface area contributed by atoms with Gasteiger partial charge in [0.05, 0.1) is 5.03 Å². The summed E-state index contributed by atoms with van der Waals surface area (Å²) in [6.45, 7) is -0.0341. The molecular weight excluding hydrogens is 523 g/mol. The fraction of sp³-hybridized carbons (Fsp3) is 0.360. The van der Waals surface area contributed by atoms with Crippen LogP contribution in [-0.2, 0) is 11.3 Å². The predicted molar refractivity (Wildman–Crippen MR) is 134 cm³/mol. The molecule has 8 heteroatoms. The van der Waals surface area contributed by atoms with Gasteiger partial charge in [0.25, 0.3) is 0 Å². The van der Waals surface area contributed by atoms with E-state index in [2.05, 4.69) is 45.5 Å². The quantitative estimate of drug-likeness (QED) is 0.431. The molecule has 2 saturated carbocycles. The maximum absolute atomic E-state index is 13.2. The monoisotopic (exact) mass is 544 g/mol. The number of anilines is 1. The molecule has 5 atom stereocenters. The molecule has 0 saturated heterocycles. The van der Waals surface area contributed by atoms with Crippen LogP contribution in [0.4, 0.5) is 10.1 Å². The number of nitrogens with zero attached hydrogens (tertiary/aromatic N) is 1. The van der Waals surface area contributed by atoms with E-state index in [1.165, 1.54) is 60.4 Å². The number of nitrogens with one attached hydrogen (secondary N) is 1. The van der Waals surface area contributed by atoms with Crippen molar-refractivity contribution >= 4 is 50.6 Å². The van der Waals surface area contributed by atoms with E-state index < -0.39 is 0 Å². The van der Waals surface area contributed by atoms with E-state index in [0.29, 0.717) is 28.7 Å². The molecule has 3 aliphatic rings. The van der Waals surface area contributed by atoms with Crippen LogP contribution in [0.25, 0.3) is 0 Å². The van der Waals surface area contributed by atoms with Crippen molar-refractivity contribution in [2.75, 3.05) is 5.32 Å². The number of halogens is 2. The number of carbonyl (C=O) groups is 1. The second kappa shape index (κ2) is 8.40. The lowest BCUT2D eigenvalue weighted by molar-refractivity contribution is -0.116. The molecule has 170 valence electrons. The molecule has 1 amide bonds. The molecule has 1 aromatic heterocycles. The molecule has 0 radical (unpaired) electrons. The van der Waals surface area contributed by atoms with Crippen LogP contribution >= 0.6 is 39.0 Å². The summed E-state index contributed by atoms with van der Waals surface area (Å²) < 4.78 is 15.9. The molecule has 4 nitrogen and oxygen atoms in total. The van der Waals surface area contributed by atoms with Crippen molar-refractivity contribution < 1.29 is 9.18 Å². The summed E-state index contributed by atoms with van der Waals surface area (Å²) in [5.41, 5.74) is 1.78. The van der Waals surface area contributed by atoms with Crippen molar-refractivity contribution in [2.24, 2.45) is 17.8 Å². The third kappa shape index (κ3) is 3.80. The number of benzene rings is 2. The second-order valence-corrected chi connectivity index (χ2v) is 12.3. The van der Waals surface area contributed by atoms with Crippen LogP contribution in [0.1, 0.15) is 35.6 Å². The summed E-state index contributed by atoms with van der Waals surface area (Å²) in [6, 6.07) is 14.2. The first-order chi connectivity index (χ1) is 16.0. The Kier molecular flexibility index (Phi) is 5.50. The molecule has 2 aliphatic carbocycles. The molecule has 1 N–H and O–H groups in total. The number of hydrogen-bond acceptors (Lipinski definition) is 4. The van der Waals surface area contributed by atoms with E-state index in [-0.39, 0.29) is 29.1 Å². The minimum atomic E-state index is -0.355. The number of thiazole rings is 1. The molecular formula is C25H22BrFN2O2S2. The minimum Gasteiger partial charge on any atom is -0.325 e. The highest BCUT2D eigenvalue weighted by molar-refractivity contribution is 9.10. The van der Waals surface area contributed by atoms with Crippen molar-refractivity contribution in [1.29, 1.82) is 0 Å². The molecule has 33 heavy (non-hydrogen) atoms. The Hall–Kier alpha value is -1.90. The highest BCUT2D eigenvalue weighted by Crippen LogP contribution is 2.64. The van der Waals surface area contributed by atoms with Gasteiger partial charge in [0.15, 0.2) is 0 Å². The Morgan fingerprint density at radius 1 is 1.09 bits per heavy atom. The SMILES string of the molecule is O=C(Cn1c2c(sc1=O)C(c1ccc(Br)cc1)C1C3CCC(C3)C1S2)Nc1ccc(F)cc1. The van der Waals surface area contributed by atoms with Gasteiger partial charge in [-0.05, 0) is 79.0 Å². The largest absolute Gasteiger partial charge is 0.325 e. The molecule has 6 rings (SSSR count). The lowest BCUT2D eigenvalue weighted by atomic mass is 9.75. The lowest BCUT2D eigenvalue weighted by Crippen LogP contribution is -2.34. The zero-order valence-electron chi connectivity index (χ0n) is 17.7. The van der Waals surface area contributed by atoms with Crippen LogP contribution in [0.3, 0.4) is 0 Å². The summed E-state index contributed by atoms with van der Waals surface area (Å²) in [5.74, 6) is 1.51. The van der Waals surface area contributed by atoms with E-state index >= 15 is 0 Å². The number of amides is 1. The van der Waals surface area contributed by atoms with Crippen molar-refractivity contribution in [3.05, 3.63) is 78.9 Å². The number of aromatic nitrogens is 1. The predicted octanol–water partition coefficient (Wildman–Crippen LogP) is 6.10. The standard InChI is InChI=1S/C25H22BrFN2O2S2/c26-16-5-3-13(4-6-16)20-21-14-1-2-15(11-14)22(21)32-24-23(20)33-25(31)29(24)12-19(30)28-18-9-7-17(27)8-10-18/h3-10,14-15,20-22H,1-2,11-12H2,(H,28,30). The Bertz CT molecular complexity index is 1270. The van der Waals surface area contributed by atoms with Gasteiger partial charge in [-0.3, -0.25) is 14.2 Å². The third-order valence-electron chi connectivity index (χ3n) is 7.35. The summed E-state index contributed by atoms with van der Waals surface area (Å²) in [5, 5.41) is 4.24. The van der Waals surface area contributed by atoms with Gasteiger partial charge in [-0.15, -0.1) is 11.8 Å². The Morgan fingerprint density at radius 3 is 2.58 bits per heavy atom. The third-order valence-corrected chi connectivity index (χ3v) is 10.7. The van der Waals surface area contributed by atoms with Gasteiger partial charge in [-0.25, -0.2) is 4.39 Å². The van der Waals surface area contributed by atoms with Gasteiger partial charge in [-0.2, -0.15) is 0 Å². The van der Waals surface area contributed by atoms with Gasteiger partial charge in [0, 0.05) is 26.2 Å². The number of carbonyl (C=O) groups excluding carboxylic acids is 1. The van der Waals surface area contributed by atoms with Crippen LogP contribution in [0.5, 0.6) is 0 Å². The van der Waals surface area contributed by atoms with E-state index in [4.69, 9.17) is 0 Å². The van der Waals surface area contributed by atoms with Crippen LogP contribution < -0.4 is 10.2 Å². The average molecular weight is 545 g/mol. The molecule has 2 aromatic carbocycles. The normalized spacial score (nSPS) is 27.3. The van der Waals surface area contributed by atoms with Crippen LogP contribution in [0.2, 0.25) is 0 Å². The van der Waals surface area contributed by atoms with Crippen LogP contribution in [-0.4, -0.2) is 15.7 Å². The second-order valence-electron chi connectivity index (χ2n) is 9.20. The Balaban J connectivity index is 1.36. The summed E-state index contributed by atoms with van der Waals surface area (Å²) in [4.78, 5) is 26.9. The Morgan fingerprint density at radius 2 is 1.82 bits per heavy atom. The first-order valence-electron chi connectivity index (χ1n) is 11.2. The van der Waals surface area contributed by atoms with E-state index in [1.807, 2.05) is 11.8 Å². The van der Waals surface area contributed by atoms with Gasteiger partial charge in [-0.1, -0.05) is 39.4 Å². The number of rotatable bonds is 4. The van der Waals surface area contributed by atoms with Gasteiger partial charge < -0.3 is 5.32 Å². The molecule has 5 unspecified atom stereocenters. The smallest absolute Gasteiger partial charge is 0.308 e. The van der Waals surface area contributed by atoms with E-state index in [9.17, 15) is 14.0 Å². The average Bonchev–Trinajstić information content (AvgIpc) is 3.49. The molecule has 2 bridgehead atoms. The van der Waals surface area contributed by atoms with Crippen LogP contribution in [0.15, 0.2) is 62.8 Å². The summed E-state index contributed by atoms with van der Waals surface area (Å²) in [6.07, 6.45) is 3.82. The molecule has 2 fully saturated rings. The van der Waals surface area contributed by atoms with Crippen LogP contribution in [0, 0.1) is 23.6 Å². The summed E-state index contributed by atoms with van der Waals surface area (Å²) >= 11 is 6.66. The number of hydrogen-bond donors (Lipinski definition) is 1. The summed E-state index contributed by atoms with van der Waals surface area (Å²) in [7, 11) is 0. The van der Waals surface area contributed by atoms with Gasteiger partial charge in [0.1, 0.15) is 12.4 Å². The maximum Gasteiger partial charge on any atom is 0.308 e. The van der Waals surface area contributed by atoms with Crippen molar-refractivity contribution in [2.45, 2.75) is 42.0 Å². The van der Waals surface area contributed by atoms with Crippen molar-refractivity contribution in [3.8, 4) is 0 Å². The molecule has 2 heterocycles. The van der Waals surface area contributed by atoms with E-state index in [1.54, 1.807) is 4.57 Å². The first-order valence-corrected chi connectivity index (χ1v) is 13.7. The van der Waals surface area contributed by atoms with Crippen molar-refractivity contribution in [3.63, 3.8) is 0 Å². The fourth-order valence-electron chi connectivity index (χ4n) is 6.01. The Labute approximate surface area is 207 Å². The van der Waals surface area contributed by atoms with Crippen molar-refractivity contribution in [1.82, 2.24) is 4.57 Å². The molecule has 1 aliphatic heterocycles. The number of thioether (sulfide) groups is 1. The molecule has 0 spiro atoms.